The summed E-state index contributed by atoms with van der Waals surface area (Å²) in [6.07, 6.45) is -5.25. The smallest absolute Gasteiger partial charge is 0.364 e. The minimum atomic E-state index is -2.58. The van der Waals surface area contributed by atoms with Gasteiger partial charge in [0.15, 0.2) is 0 Å². The number of carbonyl (C=O) groups excluding carboxylic acids is 1. The first-order chi connectivity index (χ1) is 10.7. The van der Waals surface area contributed by atoms with E-state index in [4.69, 9.17) is 19.3 Å². The van der Waals surface area contributed by atoms with Crippen LogP contribution in [0.5, 0.6) is 0 Å². The molecule has 0 aliphatic carbocycles. The summed E-state index contributed by atoms with van der Waals surface area (Å²) in [5.41, 5.74) is 0. The van der Waals surface area contributed by atoms with Crippen molar-refractivity contribution < 1.29 is 44.2 Å². The summed E-state index contributed by atoms with van der Waals surface area (Å²) >= 11 is 0. The van der Waals surface area contributed by atoms with Crippen molar-refractivity contribution in [2.24, 2.45) is 0 Å². The normalized spacial score (nSPS) is 33.7. The molecule has 1 saturated heterocycles. The average Bonchev–Trinajstić information content (AvgIpc) is 2.49. The summed E-state index contributed by atoms with van der Waals surface area (Å²) in [5.74, 6) is -4.66. The van der Waals surface area contributed by atoms with E-state index in [0.29, 0.717) is 0 Å². The van der Waals surface area contributed by atoms with Crippen LogP contribution in [0.1, 0.15) is 13.3 Å². The molecular formula is C13H23NO9. The zero-order chi connectivity index (χ0) is 17.8. The quantitative estimate of drug-likeness (QED) is 0.337. The molecule has 0 radical (unpaired) electrons. The number of aliphatic carboxylic acids is 1. The van der Waals surface area contributed by atoms with Gasteiger partial charge in [-0.2, -0.15) is 0 Å². The molecule has 0 saturated carbocycles. The lowest BCUT2D eigenvalue weighted by Crippen LogP contribution is -2.67. The Bertz CT molecular complexity index is 432. The molecule has 3 unspecified atom stereocenters. The highest BCUT2D eigenvalue weighted by atomic mass is 16.7. The van der Waals surface area contributed by atoms with Gasteiger partial charge in [0.2, 0.25) is 5.91 Å². The first-order valence-corrected chi connectivity index (χ1v) is 6.95. The number of hydrogen-bond acceptors (Lipinski definition) is 8. The van der Waals surface area contributed by atoms with Crippen LogP contribution >= 0.6 is 0 Å². The number of amides is 1. The minimum absolute atomic E-state index is 0.439. The Hall–Kier alpha value is -1.30. The maximum atomic E-state index is 11.4. The van der Waals surface area contributed by atoms with Gasteiger partial charge in [-0.05, 0) is 0 Å². The first kappa shape index (κ1) is 19.7. The van der Waals surface area contributed by atoms with E-state index >= 15 is 0 Å². The van der Waals surface area contributed by atoms with Gasteiger partial charge in [-0.25, -0.2) is 4.79 Å². The number of carbonyl (C=O) groups is 2. The van der Waals surface area contributed by atoms with Crippen LogP contribution in [0.2, 0.25) is 0 Å². The van der Waals surface area contributed by atoms with Crippen molar-refractivity contribution in [2.75, 3.05) is 20.8 Å². The number of ether oxygens (including phenoxy) is 3. The number of methoxy groups -OCH3 is 2. The summed E-state index contributed by atoms with van der Waals surface area (Å²) in [7, 11) is 2.50. The number of aliphatic hydroxyl groups excluding tert-OH is 2. The van der Waals surface area contributed by atoms with Gasteiger partial charge in [-0.15, -0.1) is 0 Å². The molecule has 1 aliphatic heterocycles. The third-order valence-corrected chi connectivity index (χ3v) is 3.73. The molecule has 23 heavy (non-hydrogen) atoms. The second-order valence-corrected chi connectivity index (χ2v) is 5.33. The van der Waals surface area contributed by atoms with Crippen molar-refractivity contribution in [3.05, 3.63) is 0 Å². The molecule has 6 atom stereocenters. The highest BCUT2D eigenvalue weighted by Crippen LogP contribution is 2.32. The van der Waals surface area contributed by atoms with Crippen LogP contribution in [0, 0.1) is 0 Å². The lowest BCUT2D eigenvalue weighted by Gasteiger charge is -2.46. The topological polar surface area (TPSA) is 155 Å². The molecule has 0 aromatic heterocycles. The fraction of sp³-hybridized carbons (Fsp3) is 0.846. The van der Waals surface area contributed by atoms with E-state index in [1.165, 1.54) is 21.1 Å². The minimum Gasteiger partial charge on any atom is -0.477 e. The summed E-state index contributed by atoms with van der Waals surface area (Å²) in [4.78, 5) is 22.7. The lowest BCUT2D eigenvalue weighted by atomic mass is 9.88. The Balaban J connectivity index is 3.22. The molecule has 0 bridgehead atoms. The van der Waals surface area contributed by atoms with Gasteiger partial charge in [0.25, 0.3) is 5.79 Å². The fourth-order valence-corrected chi connectivity index (χ4v) is 2.62. The van der Waals surface area contributed by atoms with Crippen LogP contribution in [-0.4, -0.2) is 89.4 Å². The Morgan fingerprint density at radius 3 is 2.43 bits per heavy atom. The van der Waals surface area contributed by atoms with E-state index in [9.17, 15) is 24.9 Å². The molecule has 1 aliphatic rings. The monoisotopic (exact) mass is 337 g/mol. The third-order valence-electron chi connectivity index (χ3n) is 3.73. The van der Waals surface area contributed by atoms with Crippen LogP contribution in [-0.2, 0) is 23.8 Å². The highest BCUT2D eigenvalue weighted by molar-refractivity contribution is 5.76. The molecule has 10 heteroatoms. The number of carboxylic acids is 1. The van der Waals surface area contributed by atoms with Crippen LogP contribution < -0.4 is 5.32 Å². The number of carboxylic acid groups (broad SMARTS) is 1. The van der Waals surface area contributed by atoms with E-state index in [2.05, 4.69) is 5.32 Å². The SMILES string of the molecule is COC(C(O)CO)[C@@H]1OC(O)(C(=O)O)C[C@H](OC)[C@H]1NC(C)=O. The summed E-state index contributed by atoms with van der Waals surface area (Å²) < 4.78 is 15.5. The van der Waals surface area contributed by atoms with Gasteiger partial charge in [0.1, 0.15) is 18.3 Å². The summed E-state index contributed by atoms with van der Waals surface area (Å²) in [6.45, 7) is 0.556. The highest BCUT2D eigenvalue weighted by Gasteiger charge is 2.54. The molecule has 0 spiro atoms. The number of hydrogen-bond donors (Lipinski definition) is 5. The molecule has 1 heterocycles. The summed E-state index contributed by atoms with van der Waals surface area (Å²) in [6, 6.07) is -0.900. The van der Waals surface area contributed by atoms with Gasteiger partial charge >= 0.3 is 5.97 Å². The zero-order valence-electron chi connectivity index (χ0n) is 13.1. The van der Waals surface area contributed by atoms with E-state index in [1.807, 2.05) is 0 Å². The van der Waals surface area contributed by atoms with Crippen LogP contribution in [0.25, 0.3) is 0 Å². The predicted molar refractivity (Wildman–Crippen MR) is 74.4 cm³/mol. The van der Waals surface area contributed by atoms with E-state index in [0.717, 1.165) is 0 Å². The zero-order valence-corrected chi connectivity index (χ0v) is 13.1. The first-order valence-electron chi connectivity index (χ1n) is 6.95. The predicted octanol–water partition coefficient (Wildman–Crippen LogP) is -2.56. The number of rotatable bonds is 7. The van der Waals surface area contributed by atoms with Crippen molar-refractivity contribution in [1.82, 2.24) is 5.32 Å². The summed E-state index contributed by atoms with van der Waals surface area (Å²) in [5, 5.41) is 40.8. The largest absolute Gasteiger partial charge is 0.477 e. The van der Waals surface area contributed by atoms with Gasteiger partial charge < -0.3 is 40.0 Å². The van der Waals surface area contributed by atoms with Crippen molar-refractivity contribution in [3.63, 3.8) is 0 Å². The van der Waals surface area contributed by atoms with Gasteiger partial charge in [-0.1, -0.05) is 0 Å². The lowest BCUT2D eigenvalue weighted by molar-refractivity contribution is -0.298. The molecule has 10 nitrogen and oxygen atoms in total. The Kier molecular flexibility index (Phi) is 6.86. The maximum absolute atomic E-state index is 11.4. The second kappa shape index (κ2) is 7.99. The molecule has 0 aromatic rings. The maximum Gasteiger partial charge on any atom is 0.364 e. The van der Waals surface area contributed by atoms with Gasteiger partial charge in [-0.3, -0.25) is 4.79 Å². The Morgan fingerprint density at radius 1 is 1.43 bits per heavy atom. The fourth-order valence-electron chi connectivity index (χ4n) is 2.62. The van der Waals surface area contributed by atoms with Crippen molar-refractivity contribution >= 4 is 11.9 Å². The third kappa shape index (κ3) is 4.37. The molecule has 5 N–H and O–H groups in total. The van der Waals surface area contributed by atoms with Crippen molar-refractivity contribution in [2.45, 2.75) is 49.6 Å². The molecule has 134 valence electrons. The molecule has 1 fully saturated rings. The molecular weight excluding hydrogens is 314 g/mol. The van der Waals surface area contributed by atoms with Crippen molar-refractivity contribution in [1.29, 1.82) is 0 Å². The molecule has 1 rings (SSSR count). The van der Waals surface area contributed by atoms with Crippen LogP contribution in [0.4, 0.5) is 0 Å². The van der Waals surface area contributed by atoms with E-state index < -0.39 is 61.1 Å². The van der Waals surface area contributed by atoms with E-state index in [1.54, 1.807) is 0 Å². The Morgan fingerprint density at radius 2 is 2.04 bits per heavy atom. The molecule has 1 amide bonds. The number of aliphatic hydroxyl groups is 3. The van der Waals surface area contributed by atoms with Crippen molar-refractivity contribution in [3.8, 4) is 0 Å². The molecule has 0 aromatic carbocycles. The second-order valence-electron chi connectivity index (χ2n) is 5.33. The number of nitrogens with one attached hydrogen (secondary N) is 1. The van der Waals surface area contributed by atoms with Crippen LogP contribution in [0.3, 0.4) is 0 Å². The Labute approximate surface area is 133 Å². The van der Waals surface area contributed by atoms with Gasteiger partial charge in [0, 0.05) is 27.6 Å². The standard InChI is InChI=1S/C13H23NO9/c1-6(16)14-9-8(21-2)4-13(20,12(18)19)23-11(9)10(22-3)7(17)5-15/h7-11,15,17,20H,4-5H2,1-3H3,(H,14,16)(H,18,19)/t7?,8-,9+,10?,11+,13?/m0/s1. The average molecular weight is 337 g/mol. The van der Waals surface area contributed by atoms with E-state index in [-0.39, 0.29) is 0 Å². The van der Waals surface area contributed by atoms with Gasteiger partial charge in [0.05, 0.1) is 18.8 Å². The van der Waals surface area contributed by atoms with Crippen LogP contribution in [0.15, 0.2) is 0 Å².